The first-order chi connectivity index (χ1) is 10.0. The summed E-state index contributed by atoms with van der Waals surface area (Å²) in [5, 5.41) is 0. The normalized spacial score (nSPS) is 11.1. The molecule has 1 heterocycles. The molecule has 22 heavy (non-hydrogen) atoms. The molecular formula is C19H29CsN2. The SMILES string of the molecule is C=C(CC)CCC.CCN=C(C)/C=C(\C)c1c[c-]cnc1.[Cs+]. The van der Waals surface area contributed by atoms with Gasteiger partial charge in [-0.3, -0.25) is 4.99 Å². The average Bonchev–Trinajstić information content (AvgIpc) is 2.49. The van der Waals surface area contributed by atoms with Gasteiger partial charge in [0.25, 0.3) is 0 Å². The third-order valence-corrected chi connectivity index (χ3v) is 2.99. The maximum atomic E-state index is 4.30. The Morgan fingerprint density at radius 3 is 2.41 bits per heavy atom. The van der Waals surface area contributed by atoms with Crippen molar-refractivity contribution in [3.05, 3.63) is 48.3 Å². The van der Waals surface area contributed by atoms with Gasteiger partial charge in [-0.05, 0) is 32.9 Å². The molecule has 0 aromatic carbocycles. The third kappa shape index (κ3) is 12.9. The van der Waals surface area contributed by atoms with E-state index in [-0.39, 0.29) is 68.9 Å². The fourth-order valence-electron chi connectivity index (χ4n) is 1.76. The second-order valence-corrected chi connectivity index (χ2v) is 4.97. The first kappa shape index (κ1) is 24.6. The number of aromatic nitrogens is 1. The van der Waals surface area contributed by atoms with Crippen LogP contribution in [0.25, 0.3) is 5.57 Å². The van der Waals surface area contributed by atoms with Crippen LogP contribution in [0.15, 0.2) is 41.7 Å². The number of nitrogens with zero attached hydrogens (tertiary/aromatic N) is 2. The van der Waals surface area contributed by atoms with Crippen molar-refractivity contribution in [2.75, 3.05) is 6.54 Å². The fraction of sp³-hybridized carbons (Fsp3) is 0.474. The maximum absolute atomic E-state index is 4.30. The Bertz CT molecular complexity index is 462. The molecule has 0 N–H and O–H groups in total. The molecule has 1 aromatic heterocycles. The second-order valence-electron chi connectivity index (χ2n) is 4.97. The van der Waals surface area contributed by atoms with Gasteiger partial charge in [-0.2, -0.15) is 5.56 Å². The summed E-state index contributed by atoms with van der Waals surface area (Å²) in [4.78, 5) is 8.32. The minimum atomic E-state index is 0. The average molecular weight is 418 g/mol. The minimum absolute atomic E-state index is 0. The first-order valence-corrected chi connectivity index (χ1v) is 7.72. The molecule has 0 atom stereocenters. The number of rotatable bonds is 6. The molecule has 116 valence electrons. The van der Waals surface area contributed by atoms with Crippen molar-refractivity contribution in [2.45, 2.75) is 53.9 Å². The van der Waals surface area contributed by atoms with Crippen LogP contribution in [-0.4, -0.2) is 17.2 Å². The molecule has 2 nitrogen and oxygen atoms in total. The van der Waals surface area contributed by atoms with Crippen LogP contribution in [0, 0.1) is 6.07 Å². The van der Waals surface area contributed by atoms with E-state index >= 15 is 0 Å². The van der Waals surface area contributed by atoms with Crippen LogP contribution < -0.4 is 68.9 Å². The Kier molecular flexibility index (Phi) is 18.1. The maximum Gasteiger partial charge on any atom is 1.00 e. The van der Waals surface area contributed by atoms with Gasteiger partial charge in [-0.15, -0.1) is 5.57 Å². The number of pyridine rings is 1. The zero-order chi connectivity index (χ0) is 16.1. The van der Waals surface area contributed by atoms with Crippen LogP contribution in [0.5, 0.6) is 0 Å². The standard InChI is InChI=1S/C12H15N2.C7H14.Cs/c1-4-14-11(3)8-10(2)12-6-5-7-13-9-12;1-4-6-7(3)5-2;/h6-9H,4H2,1-3H3;3-6H2,1-2H3;/q-1;;+1/b10-8+,14-11?;;. The fourth-order valence-corrected chi connectivity index (χ4v) is 1.76. The van der Waals surface area contributed by atoms with Crippen molar-refractivity contribution in [3.8, 4) is 0 Å². The topological polar surface area (TPSA) is 25.2 Å². The molecule has 0 bridgehead atoms. The van der Waals surface area contributed by atoms with E-state index in [0.717, 1.165) is 24.2 Å². The van der Waals surface area contributed by atoms with Gasteiger partial charge in [-0.25, -0.2) is 12.1 Å². The Hall–Kier alpha value is 0.352. The van der Waals surface area contributed by atoms with E-state index in [4.69, 9.17) is 0 Å². The summed E-state index contributed by atoms with van der Waals surface area (Å²) in [5.74, 6) is 0. The zero-order valence-electron chi connectivity index (χ0n) is 15.2. The van der Waals surface area contributed by atoms with E-state index in [2.05, 4.69) is 49.5 Å². The van der Waals surface area contributed by atoms with E-state index in [1.165, 1.54) is 24.0 Å². The number of aliphatic imine (C=N–C) groups is 1. The largest absolute Gasteiger partial charge is 1.00 e. The van der Waals surface area contributed by atoms with Gasteiger partial charge < -0.3 is 4.98 Å². The number of hydrogen-bond acceptors (Lipinski definition) is 2. The molecule has 0 amide bonds. The van der Waals surface area contributed by atoms with Crippen LogP contribution >= 0.6 is 0 Å². The van der Waals surface area contributed by atoms with Crippen LogP contribution in [0.2, 0.25) is 0 Å². The van der Waals surface area contributed by atoms with E-state index in [0.29, 0.717) is 0 Å². The van der Waals surface area contributed by atoms with Crippen molar-refractivity contribution in [1.29, 1.82) is 0 Å². The Balaban J connectivity index is 0. The minimum Gasteiger partial charge on any atom is -0.303 e. The van der Waals surface area contributed by atoms with Gasteiger partial charge in [-0.1, -0.05) is 51.6 Å². The smallest absolute Gasteiger partial charge is 0.303 e. The summed E-state index contributed by atoms with van der Waals surface area (Å²) in [5.41, 5.74) is 4.69. The molecule has 0 aliphatic carbocycles. The molecule has 0 unspecified atom stereocenters. The molecule has 1 rings (SSSR count). The molecule has 0 aliphatic rings. The van der Waals surface area contributed by atoms with Gasteiger partial charge >= 0.3 is 68.9 Å². The first-order valence-electron chi connectivity index (χ1n) is 7.72. The van der Waals surface area contributed by atoms with Crippen molar-refractivity contribution in [2.24, 2.45) is 4.99 Å². The summed E-state index contributed by atoms with van der Waals surface area (Å²) >= 11 is 0. The Morgan fingerprint density at radius 1 is 1.32 bits per heavy atom. The zero-order valence-corrected chi connectivity index (χ0v) is 21.5. The summed E-state index contributed by atoms with van der Waals surface area (Å²) in [7, 11) is 0. The second kappa shape index (κ2) is 16.2. The van der Waals surface area contributed by atoms with E-state index in [1.807, 2.05) is 26.1 Å². The van der Waals surface area contributed by atoms with Crippen LogP contribution in [-0.2, 0) is 0 Å². The molecule has 0 saturated carbocycles. The van der Waals surface area contributed by atoms with Gasteiger partial charge in [0.05, 0.1) is 0 Å². The predicted octanol–water partition coefficient (Wildman–Crippen LogP) is 2.52. The summed E-state index contributed by atoms with van der Waals surface area (Å²) in [6, 6.07) is 4.88. The van der Waals surface area contributed by atoms with Crippen molar-refractivity contribution in [3.63, 3.8) is 0 Å². The quantitative estimate of drug-likeness (QED) is 0.396. The van der Waals surface area contributed by atoms with Crippen LogP contribution in [0.4, 0.5) is 0 Å². The molecule has 1 aromatic rings. The van der Waals surface area contributed by atoms with Crippen molar-refractivity contribution < 1.29 is 68.9 Å². The molecule has 3 heteroatoms. The summed E-state index contributed by atoms with van der Waals surface area (Å²) in [6.07, 6.45) is 9.15. The van der Waals surface area contributed by atoms with Crippen molar-refractivity contribution in [1.82, 2.24) is 4.98 Å². The van der Waals surface area contributed by atoms with Crippen molar-refractivity contribution >= 4 is 11.3 Å². The van der Waals surface area contributed by atoms with Crippen LogP contribution in [0.3, 0.4) is 0 Å². The molecule has 0 radical (unpaired) electrons. The number of hydrogen-bond donors (Lipinski definition) is 0. The van der Waals surface area contributed by atoms with Gasteiger partial charge in [0.15, 0.2) is 0 Å². The van der Waals surface area contributed by atoms with E-state index in [9.17, 15) is 0 Å². The van der Waals surface area contributed by atoms with Crippen LogP contribution in [0.1, 0.15) is 59.4 Å². The summed E-state index contributed by atoms with van der Waals surface area (Å²) in [6.45, 7) is 15.1. The monoisotopic (exact) mass is 418 g/mol. The third-order valence-electron chi connectivity index (χ3n) is 2.99. The molecule has 0 aliphatic heterocycles. The molecule has 0 saturated heterocycles. The number of allylic oxidation sites excluding steroid dienone is 3. The van der Waals surface area contributed by atoms with E-state index in [1.54, 1.807) is 6.20 Å². The predicted molar refractivity (Wildman–Crippen MR) is 94.7 cm³/mol. The summed E-state index contributed by atoms with van der Waals surface area (Å²) < 4.78 is 0. The van der Waals surface area contributed by atoms with E-state index < -0.39 is 0 Å². The van der Waals surface area contributed by atoms with Gasteiger partial charge in [0, 0.05) is 12.3 Å². The van der Waals surface area contributed by atoms with Gasteiger partial charge in [0.1, 0.15) is 0 Å². The van der Waals surface area contributed by atoms with Gasteiger partial charge in [0.2, 0.25) is 0 Å². The Morgan fingerprint density at radius 2 is 2.00 bits per heavy atom. The molecular weight excluding hydrogens is 389 g/mol. The molecule has 0 fully saturated rings. The Labute approximate surface area is 196 Å². The molecule has 0 spiro atoms.